The first-order chi connectivity index (χ1) is 9.41. The normalized spacial score (nSPS) is 11.5. The molecule has 0 atom stereocenters. The second-order valence-electron chi connectivity index (χ2n) is 5.38. The summed E-state index contributed by atoms with van der Waals surface area (Å²) in [6.45, 7) is 8.34. The van der Waals surface area contributed by atoms with E-state index in [2.05, 4.69) is 33.0 Å². The predicted molar refractivity (Wildman–Crippen MR) is 103 cm³/mol. The molecule has 0 fully saturated rings. The molecule has 0 radical (unpaired) electrons. The summed E-state index contributed by atoms with van der Waals surface area (Å²) in [6.07, 6.45) is 0. The molecule has 6 heteroatoms. The van der Waals surface area contributed by atoms with Gasteiger partial charge in [0.05, 0.1) is 11.4 Å². The van der Waals surface area contributed by atoms with Gasteiger partial charge in [0.15, 0.2) is 0 Å². The molecule has 120 valence electrons. The number of anilines is 4. The van der Waals surface area contributed by atoms with Crippen molar-refractivity contribution in [3.05, 3.63) is 34.4 Å². The fourth-order valence-electron chi connectivity index (χ4n) is 2.60. The van der Waals surface area contributed by atoms with Crippen LogP contribution in [0.15, 0.2) is 21.9 Å². The van der Waals surface area contributed by atoms with Gasteiger partial charge in [0.1, 0.15) is 0 Å². The van der Waals surface area contributed by atoms with Gasteiger partial charge in [0.25, 0.3) is 0 Å². The Kier molecular flexibility index (Phi) is 5.55. The number of fused-ring (bicyclic) bond motifs is 2. The third kappa shape index (κ3) is 2.60. The average molecular weight is 358 g/mol. The smallest absolute Gasteiger partial charge is 0.0563 e. The third-order valence-electron chi connectivity index (χ3n) is 4.22. The van der Waals surface area contributed by atoms with Crippen molar-refractivity contribution in [2.45, 2.75) is 37.5 Å². The van der Waals surface area contributed by atoms with Crippen LogP contribution in [-0.4, -0.2) is 0 Å². The summed E-state index contributed by atoms with van der Waals surface area (Å²) >= 11 is 1.76. The Morgan fingerprint density at radius 1 is 0.818 bits per heavy atom. The Bertz CT molecular complexity index is 745. The fraction of sp³-hybridized carbons (Fsp3) is 0.250. The van der Waals surface area contributed by atoms with E-state index in [9.17, 15) is 0 Å². The molecule has 1 aliphatic rings. The monoisotopic (exact) mass is 357 g/mol. The maximum absolute atomic E-state index is 6.23. The molecular weight excluding hydrogens is 337 g/mol. The summed E-state index contributed by atoms with van der Waals surface area (Å²) in [5.41, 5.74) is 20.9. The number of nitrogen functional groups attached to an aromatic ring is 2. The van der Waals surface area contributed by atoms with Crippen LogP contribution in [-0.2, 0) is 0 Å². The van der Waals surface area contributed by atoms with E-state index in [4.69, 9.17) is 11.5 Å². The lowest BCUT2D eigenvalue weighted by atomic mass is 10.0. The van der Waals surface area contributed by atoms with Gasteiger partial charge < -0.3 is 16.8 Å². The van der Waals surface area contributed by atoms with Gasteiger partial charge in [0, 0.05) is 21.2 Å². The molecule has 2 aromatic carbocycles. The first-order valence-electron chi connectivity index (χ1n) is 6.65. The van der Waals surface area contributed by atoms with Crippen molar-refractivity contribution in [1.29, 1.82) is 0 Å². The molecule has 0 saturated heterocycles. The van der Waals surface area contributed by atoms with Crippen molar-refractivity contribution in [3.8, 4) is 0 Å². The van der Waals surface area contributed by atoms with Crippen molar-refractivity contribution in [2.24, 2.45) is 0 Å². The molecule has 0 unspecified atom stereocenters. The van der Waals surface area contributed by atoms with Gasteiger partial charge in [0.2, 0.25) is 0 Å². The Hall–Kier alpha value is -1.23. The number of rotatable bonds is 0. The largest absolute Gasteiger partial charge is 0.398 e. The van der Waals surface area contributed by atoms with E-state index >= 15 is 0 Å². The van der Waals surface area contributed by atoms with E-state index in [1.807, 2.05) is 12.1 Å². The third-order valence-corrected chi connectivity index (χ3v) is 5.67. The van der Waals surface area contributed by atoms with Gasteiger partial charge in [-0.1, -0.05) is 11.8 Å². The van der Waals surface area contributed by atoms with Crippen LogP contribution in [0.4, 0.5) is 22.7 Å². The minimum atomic E-state index is 0. The second-order valence-corrected chi connectivity index (χ2v) is 6.40. The zero-order valence-corrected chi connectivity index (χ0v) is 15.5. The Morgan fingerprint density at radius 3 is 2.09 bits per heavy atom. The maximum Gasteiger partial charge on any atom is 0.0563 e. The van der Waals surface area contributed by atoms with Crippen LogP contribution >= 0.6 is 36.6 Å². The van der Waals surface area contributed by atoms with Crippen molar-refractivity contribution < 1.29 is 0 Å². The van der Waals surface area contributed by atoms with Gasteiger partial charge in [-0.15, -0.1) is 24.8 Å². The van der Waals surface area contributed by atoms with Crippen LogP contribution in [0.5, 0.6) is 0 Å². The number of nitrogens with two attached hydrogens (primary N) is 2. The molecule has 0 aromatic heterocycles. The maximum atomic E-state index is 6.23. The van der Waals surface area contributed by atoms with E-state index in [1.54, 1.807) is 11.8 Å². The van der Waals surface area contributed by atoms with Gasteiger partial charge in [-0.3, -0.25) is 0 Å². The summed E-state index contributed by atoms with van der Waals surface area (Å²) in [4.78, 5) is 2.41. The first kappa shape index (κ1) is 18.8. The molecule has 5 N–H and O–H groups in total. The van der Waals surface area contributed by atoms with E-state index in [-0.39, 0.29) is 24.8 Å². The molecular formula is C16H21Cl2N3S. The molecule has 1 aliphatic heterocycles. The predicted octanol–water partition coefficient (Wildman–Crippen LogP) is 5.14. The van der Waals surface area contributed by atoms with Crippen LogP contribution in [0.1, 0.15) is 22.3 Å². The van der Waals surface area contributed by atoms with Crippen molar-refractivity contribution in [3.63, 3.8) is 0 Å². The van der Waals surface area contributed by atoms with Crippen molar-refractivity contribution in [2.75, 3.05) is 16.8 Å². The highest BCUT2D eigenvalue weighted by molar-refractivity contribution is 7.99. The lowest BCUT2D eigenvalue weighted by Crippen LogP contribution is -2.09. The topological polar surface area (TPSA) is 64.1 Å². The van der Waals surface area contributed by atoms with E-state index < -0.39 is 0 Å². The number of hydrogen-bond donors (Lipinski definition) is 3. The van der Waals surface area contributed by atoms with E-state index in [0.717, 1.165) is 33.8 Å². The number of nitrogens with one attached hydrogen (secondary N) is 1. The summed E-state index contributed by atoms with van der Waals surface area (Å²) in [5.74, 6) is 0. The highest BCUT2D eigenvalue weighted by Crippen LogP contribution is 2.51. The molecule has 0 spiro atoms. The zero-order chi connectivity index (χ0) is 14.6. The number of hydrogen-bond acceptors (Lipinski definition) is 4. The van der Waals surface area contributed by atoms with Crippen LogP contribution in [0.3, 0.4) is 0 Å². The second kappa shape index (κ2) is 6.49. The van der Waals surface area contributed by atoms with Gasteiger partial charge in [-0.25, -0.2) is 0 Å². The summed E-state index contributed by atoms with van der Waals surface area (Å²) in [7, 11) is 0. The molecule has 0 saturated carbocycles. The molecule has 1 heterocycles. The van der Waals surface area contributed by atoms with Crippen LogP contribution in [0.25, 0.3) is 0 Å². The van der Waals surface area contributed by atoms with Crippen molar-refractivity contribution in [1.82, 2.24) is 0 Å². The Balaban J connectivity index is 0.00000121. The van der Waals surface area contributed by atoms with Gasteiger partial charge >= 0.3 is 0 Å². The lowest BCUT2D eigenvalue weighted by molar-refractivity contribution is 1.17. The van der Waals surface area contributed by atoms with Gasteiger partial charge in [-0.2, -0.15) is 0 Å². The minimum Gasteiger partial charge on any atom is -0.398 e. The standard InChI is InChI=1S/C16H19N3S.2ClH/c1-7-8(2)14-16(10(4)13(7)18)20-15-9(3)11(17)5-6-12(15)19-14;;/h5-6,19H,17-18H2,1-4H3;2*1H. The van der Waals surface area contributed by atoms with E-state index in [1.165, 1.54) is 21.0 Å². The molecule has 3 rings (SSSR count). The molecule has 22 heavy (non-hydrogen) atoms. The zero-order valence-electron chi connectivity index (χ0n) is 13.0. The minimum absolute atomic E-state index is 0. The summed E-state index contributed by atoms with van der Waals surface area (Å²) in [5, 5.41) is 3.55. The SMILES string of the molecule is Cc1c(C)c2c(c(C)c1N)Sc1c(ccc(N)c1C)N2.Cl.Cl. The highest BCUT2D eigenvalue weighted by atomic mass is 35.5. The van der Waals surface area contributed by atoms with Crippen LogP contribution in [0, 0.1) is 27.7 Å². The highest BCUT2D eigenvalue weighted by Gasteiger charge is 2.24. The number of benzene rings is 2. The first-order valence-corrected chi connectivity index (χ1v) is 7.46. The Morgan fingerprint density at radius 2 is 1.45 bits per heavy atom. The van der Waals surface area contributed by atoms with Crippen molar-refractivity contribution >= 4 is 59.3 Å². The van der Waals surface area contributed by atoms with Crippen LogP contribution < -0.4 is 16.8 Å². The molecule has 0 amide bonds. The fourth-order valence-corrected chi connectivity index (χ4v) is 3.88. The summed E-state index contributed by atoms with van der Waals surface area (Å²) in [6, 6.07) is 4.01. The molecule has 0 aliphatic carbocycles. The molecule has 0 bridgehead atoms. The quantitative estimate of drug-likeness (QED) is 0.487. The number of halogens is 2. The Labute approximate surface area is 148 Å². The molecule has 3 nitrogen and oxygen atoms in total. The molecule has 2 aromatic rings. The van der Waals surface area contributed by atoms with Crippen LogP contribution in [0.2, 0.25) is 0 Å². The van der Waals surface area contributed by atoms with Gasteiger partial charge in [-0.05, 0) is 62.1 Å². The summed E-state index contributed by atoms with van der Waals surface area (Å²) < 4.78 is 0. The van der Waals surface area contributed by atoms with E-state index in [0.29, 0.717) is 0 Å². The average Bonchev–Trinajstić information content (AvgIpc) is 2.45. The lowest BCUT2D eigenvalue weighted by Gasteiger charge is -2.28.